The van der Waals surface area contributed by atoms with Gasteiger partial charge in [-0.1, -0.05) is 30.3 Å². The topological polar surface area (TPSA) is 32.8 Å². The number of hydrogen-bond donors (Lipinski definition) is 0. The second-order valence-corrected chi connectivity index (χ2v) is 8.03. The van der Waals surface area contributed by atoms with Gasteiger partial charge in [0.1, 0.15) is 5.60 Å². The number of carbonyl (C=O) groups excluding carboxylic acids is 1. The van der Waals surface area contributed by atoms with Crippen LogP contribution in [0.1, 0.15) is 32.8 Å². The van der Waals surface area contributed by atoms with Crippen molar-refractivity contribution < 1.29 is 9.53 Å². The smallest absolute Gasteiger partial charge is 0.410 e. The first-order valence-electron chi connectivity index (χ1n) is 8.63. The van der Waals surface area contributed by atoms with Crippen molar-refractivity contribution in [1.82, 2.24) is 9.80 Å². The predicted octanol–water partition coefficient (Wildman–Crippen LogP) is 3.38. The first-order valence-corrected chi connectivity index (χ1v) is 8.63. The summed E-state index contributed by atoms with van der Waals surface area (Å²) in [6.07, 6.45) is 1.09. The molecule has 2 heterocycles. The zero-order valence-corrected chi connectivity index (χ0v) is 14.5. The zero-order chi connectivity index (χ0) is 16.4. The van der Waals surface area contributed by atoms with E-state index in [9.17, 15) is 4.79 Å². The molecule has 2 aliphatic rings. The third-order valence-electron chi connectivity index (χ3n) is 4.56. The van der Waals surface area contributed by atoms with Crippen molar-refractivity contribution in [2.75, 3.05) is 26.2 Å². The molecule has 126 valence electrons. The molecule has 4 heteroatoms. The Morgan fingerprint density at radius 1 is 1.09 bits per heavy atom. The Bertz CT molecular complexity index is 524. The zero-order valence-electron chi connectivity index (χ0n) is 14.5. The van der Waals surface area contributed by atoms with Crippen LogP contribution in [-0.2, 0) is 11.3 Å². The molecule has 0 aromatic heterocycles. The summed E-state index contributed by atoms with van der Waals surface area (Å²) in [7, 11) is 0. The number of rotatable bonds is 2. The van der Waals surface area contributed by atoms with E-state index < -0.39 is 5.60 Å². The summed E-state index contributed by atoms with van der Waals surface area (Å²) in [6, 6.07) is 10.6. The maximum absolute atomic E-state index is 12.3. The van der Waals surface area contributed by atoms with Gasteiger partial charge in [-0.25, -0.2) is 4.79 Å². The Labute approximate surface area is 139 Å². The molecule has 2 aliphatic heterocycles. The number of amides is 1. The third-order valence-corrected chi connectivity index (χ3v) is 4.56. The van der Waals surface area contributed by atoms with Crippen molar-refractivity contribution in [2.45, 2.75) is 39.3 Å². The molecule has 0 saturated carbocycles. The van der Waals surface area contributed by atoms with E-state index in [1.165, 1.54) is 12.0 Å². The average molecular weight is 316 g/mol. The molecule has 4 nitrogen and oxygen atoms in total. The highest BCUT2D eigenvalue weighted by Gasteiger charge is 2.37. The van der Waals surface area contributed by atoms with Gasteiger partial charge >= 0.3 is 6.09 Å². The lowest BCUT2D eigenvalue weighted by Gasteiger charge is -2.45. The number of carbonyl (C=O) groups is 1. The number of likely N-dealkylation sites (tertiary alicyclic amines) is 2. The summed E-state index contributed by atoms with van der Waals surface area (Å²) in [6.45, 7) is 10.6. The Morgan fingerprint density at radius 2 is 1.70 bits per heavy atom. The largest absolute Gasteiger partial charge is 0.444 e. The van der Waals surface area contributed by atoms with Crippen molar-refractivity contribution in [1.29, 1.82) is 0 Å². The molecule has 2 saturated heterocycles. The summed E-state index contributed by atoms with van der Waals surface area (Å²) in [4.78, 5) is 16.8. The number of fused-ring (bicyclic) bond motifs is 2. The molecule has 0 spiro atoms. The minimum absolute atomic E-state index is 0.149. The Kier molecular flexibility index (Phi) is 4.62. The first kappa shape index (κ1) is 16.3. The second-order valence-electron chi connectivity index (χ2n) is 8.03. The summed E-state index contributed by atoms with van der Waals surface area (Å²) >= 11 is 0. The van der Waals surface area contributed by atoms with Crippen LogP contribution in [0.15, 0.2) is 30.3 Å². The highest BCUT2D eigenvalue weighted by molar-refractivity contribution is 5.68. The van der Waals surface area contributed by atoms with E-state index >= 15 is 0 Å². The highest BCUT2D eigenvalue weighted by atomic mass is 16.6. The molecule has 2 bridgehead atoms. The van der Waals surface area contributed by atoms with Gasteiger partial charge in [-0.05, 0) is 44.6 Å². The molecule has 1 amide bonds. The summed E-state index contributed by atoms with van der Waals surface area (Å²) in [5.41, 5.74) is 0.958. The lowest BCUT2D eigenvalue weighted by Crippen LogP contribution is -2.54. The summed E-state index contributed by atoms with van der Waals surface area (Å²) in [5, 5.41) is 0. The van der Waals surface area contributed by atoms with E-state index in [0.29, 0.717) is 11.8 Å². The fraction of sp³-hybridized carbons (Fsp3) is 0.632. The highest BCUT2D eigenvalue weighted by Crippen LogP contribution is 2.30. The van der Waals surface area contributed by atoms with Crippen LogP contribution >= 0.6 is 0 Å². The van der Waals surface area contributed by atoms with Gasteiger partial charge in [0.2, 0.25) is 0 Å². The monoisotopic (exact) mass is 316 g/mol. The predicted molar refractivity (Wildman–Crippen MR) is 91.1 cm³/mol. The van der Waals surface area contributed by atoms with E-state index in [0.717, 1.165) is 32.7 Å². The molecule has 23 heavy (non-hydrogen) atoms. The quantitative estimate of drug-likeness (QED) is 0.838. The average Bonchev–Trinajstić information content (AvgIpc) is 2.45. The van der Waals surface area contributed by atoms with Gasteiger partial charge in [-0.2, -0.15) is 0 Å². The molecule has 0 N–H and O–H groups in total. The van der Waals surface area contributed by atoms with Crippen LogP contribution in [0.4, 0.5) is 4.79 Å². The fourth-order valence-electron chi connectivity index (χ4n) is 3.83. The molecule has 0 radical (unpaired) electrons. The van der Waals surface area contributed by atoms with Crippen LogP contribution < -0.4 is 0 Å². The lowest BCUT2D eigenvalue weighted by molar-refractivity contribution is -0.0108. The Balaban J connectivity index is 1.57. The number of ether oxygens (including phenoxy) is 1. The van der Waals surface area contributed by atoms with Gasteiger partial charge in [-0.3, -0.25) is 4.90 Å². The van der Waals surface area contributed by atoms with Crippen LogP contribution in [-0.4, -0.2) is 47.7 Å². The van der Waals surface area contributed by atoms with Gasteiger partial charge in [-0.15, -0.1) is 0 Å². The van der Waals surface area contributed by atoms with Crippen molar-refractivity contribution >= 4 is 6.09 Å². The fourth-order valence-corrected chi connectivity index (χ4v) is 3.83. The van der Waals surface area contributed by atoms with Crippen LogP contribution in [0.25, 0.3) is 0 Å². The van der Waals surface area contributed by atoms with Crippen molar-refractivity contribution in [3.63, 3.8) is 0 Å². The second kappa shape index (κ2) is 6.52. The van der Waals surface area contributed by atoms with Crippen LogP contribution in [0, 0.1) is 11.8 Å². The van der Waals surface area contributed by atoms with Gasteiger partial charge in [0, 0.05) is 32.7 Å². The van der Waals surface area contributed by atoms with Crippen molar-refractivity contribution in [3.8, 4) is 0 Å². The molecule has 0 unspecified atom stereocenters. The van der Waals surface area contributed by atoms with Crippen LogP contribution in [0.2, 0.25) is 0 Å². The number of hydrogen-bond acceptors (Lipinski definition) is 3. The number of piperidine rings is 2. The number of nitrogens with zero attached hydrogens (tertiary/aromatic N) is 2. The van der Waals surface area contributed by atoms with Gasteiger partial charge in [0.05, 0.1) is 0 Å². The standard InChI is InChI=1S/C19H28N2O2/c1-19(2,3)23-18(22)21-13-16-9-17(14-21)12-20(11-16)10-15-7-5-4-6-8-15/h4-8,16-17H,9-14H2,1-3H3/t16-,17-/m1/s1. The van der Waals surface area contributed by atoms with Gasteiger partial charge in [0.15, 0.2) is 0 Å². The van der Waals surface area contributed by atoms with Crippen LogP contribution in [0.5, 0.6) is 0 Å². The molecule has 1 aromatic rings. The Hall–Kier alpha value is -1.55. The first-order chi connectivity index (χ1) is 10.9. The van der Waals surface area contributed by atoms with E-state index in [1.807, 2.05) is 25.7 Å². The molecule has 2 fully saturated rings. The SMILES string of the molecule is CC(C)(C)OC(=O)N1C[C@@H]2C[C@H](CN(Cc3ccccc3)C2)C1. The maximum Gasteiger partial charge on any atom is 0.410 e. The van der Waals surface area contributed by atoms with Crippen LogP contribution in [0.3, 0.4) is 0 Å². The Morgan fingerprint density at radius 3 is 2.26 bits per heavy atom. The van der Waals surface area contributed by atoms with E-state index in [4.69, 9.17) is 4.74 Å². The minimum atomic E-state index is -0.414. The molecule has 1 aromatic carbocycles. The van der Waals surface area contributed by atoms with E-state index in [1.54, 1.807) is 0 Å². The van der Waals surface area contributed by atoms with Crippen molar-refractivity contribution in [3.05, 3.63) is 35.9 Å². The summed E-state index contributed by atoms with van der Waals surface area (Å²) in [5.74, 6) is 1.14. The molecule has 0 aliphatic carbocycles. The van der Waals surface area contributed by atoms with Gasteiger partial charge < -0.3 is 9.64 Å². The molecule has 2 atom stereocenters. The summed E-state index contributed by atoms with van der Waals surface area (Å²) < 4.78 is 5.54. The van der Waals surface area contributed by atoms with Gasteiger partial charge in [0.25, 0.3) is 0 Å². The molecular weight excluding hydrogens is 288 g/mol. The maximum atomic E-state index is 12.3. The number of benzene rings is 1. The normalized spacial score (nSPS) is 25.3. The minimum Gasteiger partial charge on any atom is -0.444 e. The molecular formula is C19H28N2O2. The van der Waals surface area contributed by atoms with Crippen molar-refractivity contribution in [2.24, 2.45) is 11.8 Å². The third kappa shape index (κ3) is 4.47. The lowest BCUT2D eigenvalue weighted by atomic mass is 9.84. The van der Waals surface area contributed by atoms with E-state index in [2.05, 4.69) is 35.2 Å². The molecule has 3 rings (SSSR count). The van der Waals surface area contributed by atoms with E-state index in [-0.39, 0.29) is 6.09 Å².